The van der Waals surface area contributed by atoms with Crippen molar-refractivity contribution in [2.24, 2.45) is 0 Å². The second-order valence-electron chi connectivity index (χ2n) is 8.37. The van der Waals surface area contributed by atoms with Gasteiger partial charge in [0.15, 0.2) is 11.5 Å². The van der Waals surface area contributed by atoms with Crippen LogP contribution in [0.5, 0.6) is 0 Å². The molecule has 0 amide bonds. The maximum Gasteiger partial charge on any atom is 0.180 e. The zero-order valence-corrected chi connectivity index (χ0v) is 17.2. The number of likely N-dealkylation sites (tertiary alicyclic amines) is 1. The molecule has 4 aromatic rings. The summed E-state index contributed by atoms with van der Waals surface area (Å²) < 4.78 is 15.9. The van der Waals surface area contributed by atoms with E-state index in [-0.39, 0.29) is 5.82 Å². The van der Waals surface area contributed by atoms with Gasteiger partial charge in [0.05, 0.1) is 30.0 Å². The first-order valence-corrected chi connectivity index (χ1v) is 10.5. The molecule has 1 aromatic carbocycles. The average Bonchev–Trinajstić information content (AvgIpc) is 3.48. The minimum Gasteiger partial charge on any atom is -0.363 e. The van der Waals surface area contributed by atoms with Crippen molar-refractivity contribution in [1.82, 2.24) is 29.6 Å². The molecule has 6 rings (SSSR count). The van der Waals surface area contributed by atoms with Gasteiger partial charge in [-0.2, -0.15) is 5.10 Å². The van der Waals surface area contributed by atoms with Crippen molar-refractivity contribution < 1.29 is 4.39 Å². The summed E-state index contributed by atoms with van der Waals surface area (Å²) in [4.78, 5) is 18.6. The van der Waals surface area contributed by atoms with Crippen LogP contribution in [0.4, 0.5) is 10.1 Å². The first kappa shape index (κ1) is 18.4. The van der Waals surface area contributed by atoms with Crippen LogP contribution in [0.25, 0.3) is 22.6 Å². The number of likely N-dealkylation sites (N-methyl/N-ethyl adjacent to an activating group) is 1. The van der Waals surface area contributed by atoms with Crippen LogP contribution in [0.3, 0.4) is 0 Å². The average molecular weight is 415 g/mol. The number of halogens is 1. The van der Waals surface area contributed by atoms with E-state index in [2.05, 4.69) is 31.8 Å². The van der Waals surface area contributed by atoms with Crippen molar-refractivity contribution in [3.05, 3.63) is 66.4 Å². The number of aromatic nitrogens is 5. The van der Waals surface area contributed by atoms with E-state index >= 15 is 0 Å². The molecular weight excluding hydrogens is 393 g/mol. The molecule has 2 atom stereocenters. The molecule has 0 N–H and O–H groups in total. The molecular formula is C23H22FN7. The number of rotatable bonds is 4. The largest absolute Gasteiger partial charge is 0.363 e. The highest BCUT2D eigenvalue weighted by Crippen LogP contribution is 2.33. The predicted molar refractivity (Wildman–Crippen MR) is 116 cm³/mol. The highest BCUT2D eigenvalue weighted by molar-refractivity contribution is 5.89. The van der Waals surface area contributed by atoms with E-state index in [9.17, 15) is 4.39 Å². The number of piperazine rings is 1. The Morgan fingerprint density at radius 3 is 2.58 bits per heavy atom. The summed E-state index contributed by atoms with van der Waals surface area (Å²) in [7, 11) is 2.19. The SMILES string of the molecule is CN1CC2CC1CN2c1cnc(-c2nn(Cc3ccccc3F)c3ncccc23)nc1. The lowest BCUT2D eigenvalue weighted by atomic mass is 10.2. The molecule has 8 heteroatoms. The van der Waals surface area contributed by atoms with Gasteiger partial charge >= 0.3 is 0 Å². The second-order valence-corrected chi connectivity index (χ2v) is 8.37. The van der Waals surface area contributed by atoms with Gasteiger partial charge in [-0.1, -0.05) is 18.2 Å². The lowest BCUT2D eigenvalue weighted by molar-refractivity contribution is 0.292. The van der Waals surface area contributed by atoms with E-state index in [0.29, 0.717) is 41.4 Å². The fourth-order valence-corrected chi connectivity index (χ4v) is 4.85. The number of fused-ring (bicyclic) bond motifs is 3. The number of nitrogens with zero attached hydrogens (tertiary/aromatic N) is 7. The Bertz CT molecular complexity index is 1250. The van der Waals surface area contributed by atoms with Crippen LogP contribution >= 0.6 is 0 Å². The quantitative estimate of drug-likeness (QED) is 0.511. The lowest BCUT2D eigenvalue weighted by Crippen LogP contribution is -2.44. The first-order valence-electron chi connectivity index (χ1n) is 10.5. The first-order chi connectivity index (χ1) is 15.2. The van der Waals surface area contributed by atoms with Crippen molar-refractivity contribution in [3.63, 3.8) is 0 Å². The summed E-state index contributed by atoms with van der Waals surface area (Å²) in [5.41, 5.74) is 2.97. The number of hydrogen-bond acceptors (Lipinski definition) is 6. The van der Waals surface area contributed by atoms with Gasteiger partial charge in [0.2, 0.25) is 0 Å². The Balaban J connectivity index is 1.34. The van der Waals surface area contributed by atoms with E-state index in [4.69, 9.17) is 5.10 Å². The Morgan fingerprint density at radius 2 is 1.84 bits per heavy atom. The van der Waals surface area contributed by atoms with Crippen LogP contribution in [-0.2, 0) is 6.54 Å². The Labute approximate surface area is 179 Å². The van der Waals surface area contributed by atoms with Gasteiger partial charge in [0, 0.05) is 36.9 Å². The summed E-state index contributed by atoms with van der Waals surface area (Å²) in [6.45, 7) is 2.40. The predicted octanol–water partition coefficient (Wildman–Crippen LogP) is 2.97. The van der Waals surface area contributed by atoms with Crippen LogP contribution in [-0.4, -0.2) is 61.9 Å². The molecule has 156 valence electrons. The fourth-order valence-electron chi connectivity index (χ4n) is 4.85. The monoisotopic (exact) mass is 415 g/mol. The second kappa shape index (κ2) is 7.09. The third kappa shape index (κ3) is 3.06. The standard InChI is InChI=1S/C23H22FN7/c1-29-13-17-9-16(29)14-30(17)18-10-26-22(27-11-18)21-19-6-4-8-25-23(19)31(28-21)12-15-5-2-3-7-20(15)24/h2-8,10-11,16-17H,9,12-14H2,1H3. The normalized spacial score (nSPS) is 20.8. The van der Waals surface area contributed by atoms with Gasteiger partial charge in [-0.25, -0.2) is 24.0 Å². The van der Waals surface area contributed by atoms with E-state index < -0.39 is 0 Å². The van der Waals surface area contributed by atoms with Crippen molar-refractivity contribution in [3.8, 4) is 11.5 Å². The molecule has 3 aromatic heterocycles. The van der Waals surface area contributed by atoms with Crippen LogP contribution < -0.4 is 4.90 Å². The molecule has 0 spiro atoms. The van der Waals surface area contributed by atoms with Crippen LogP contribution in [0.2, 0.25) is 0 Å². The van der Waals surface area contributed by atoms with Gasteiger partial charge in [-0.05, 0) is 31.7 Å². The third-order valence-corrected chi connectivity index (χ3v) is 6.48. The van der Waals surface area contributed by atoms with Gasteiger partial charge < -0.3 is 4.90 Å². The molecule has 5 heterocycles. The van der Waals surface area contributed by atoms with Gasteiger partial charge in [-0.3, -0.25) is 4.90 Å². The number of pyridine rings is 1. The molecule has 7 nitrogen and oxygen atoms in total. The smallest absolute Gasteiger partial charge is 0.180 e. The molecule has 2 aliphatic rings. The van der Waals surface area contributed by atoms with Crippen molar-refractivity contribution in [1.29, 1.82) is 0 Å². The molecule has 2 fully saturated rings. The zero-order valence-electron chi connectivity index (χ0n) is 17.2. The number of benzene rings is 1. The Hall–Kier alpha value is -3.39. The summed E-state index contributed by atoms with van der Waals surface area (Å²) in [6.07, 6.45) is 6.70. The topological polar surface area (TPSA) is 63.0 Å². The van der Waals surface area contributed by atoms with Crippen molar-refractivity contribution in [2.75, 3.05) is 25.0 Å². The zero-order chi connectivity index (χ0) is 20.9. The lowest BCUT2D eigenvalue weighted by Gasteiger charge is -2.33. The van der Waals surface area contributed by atoms with E-state index in [1.165, 1.54) is 12.5 Å². The van der Waals surface area contributed by atoms with E-state index in [0.717, 1.165) is 24.2 Å². The molecule has 0 saturated carbocycles. The van der Waals surface area contributed by atoms with E-state index in [1.807, 2.05) is 30.6 Å². The summed E-state index contributed by atoms with van der Waals surface area (Å²) in [5.74, 6) is 0.297. The third-order valence-electron chi connectivity index (χ3n) is 6.48. The van der Waals surface area contributed by atoms with Crippen molar-refractivity contribution >= 4 is 16.7 Å². The number of anilines is 1. The summed E-state index contributed by atoms with van der Waals surface area (Å²) in [6, 6.07) is 11.7. The maximum absolute atomic E-state index is 14.2. The summed E-state index contributed by atoms with van der Waals surface area (Å²) in [5, 5.41) is 5.57. The summed E-state index contributed by atoms with van der Waals surface area (Å²) >= 11 is 0. The molecule has 0 aliphatic carbocycles. The van der Waals surface area contributed by atoms with Crippen LogP contribution in [0.15, 0.2) is 55.0 Å². The maximum atomic E-state index is 14.2. The minimum absolute atomic E-state index is 0.255. The highest BCUT2D eigenvalue weighted by atomic mass is 19.1. The van der Waals surface area contributed by atoms with E-state index in [1.54, 1.807) is 23.0 Å². The van der Waals surface area contributed by atoms with Crippen LogP contribution in [0, 0.1) is 5.82 Å². The minimum atomic E-state index is -0.255. The molecule has 0 radical (unpaired) electrons. The highest BCUT2D eigenvalue weighted by Gasteiger charge is 2.41. The van der Waals surface area contributed by atoms with Gasteiger partial charge in [-0.15, -0.1) is 0 Å². The van der Waals surface area contributed by atoms with Gasteiger partial charge in [0.25, 0.3) is 0 Å². The molecule has 31 heavy (non-hydrogen) atoms. The molecule has 2 saturated heterocycles. The van der Waals surface area contributed by atoms with Crippen LogP contribution in [0.1, 0.15) is 12.0 Å². The van der Waals surface area contributed by atoms with Gasteiger partial charge in [0.1, 0.15) is 11.5 Å². The Morgan fingerprint density at radius 1 is 1.00 bits per heavy atom. The number of hydrogen-bond donors (Lipinski definition) is 0. The van der Waals surface area contributed by atoms with Crippen molar-refractivity contribution in [2.45, 2.75) is 25.0 Å². The molecule has 2 unspecified atom stereocenters. The Kier molecular flexibility index (Phi) is 4.21. The molecule has 2 aliphatic heterocycles. The molecule has 2 bridgehead atoms. The fraction of sp³-hybridized carbons (Fsp3) is 0.304.